The van der Waals surface area contributed by atoms with Gasteiger partial charge in [-0.05, 0) is 30.3 Å². The van der Waals surface area contributed by atoms with Crippen LogP contribution >= 0.6 is 0 Å². The van der Waals surface area contributed by atoms with Gasteiger partial charge in [0.15, 0.2) is 0 Å². The van der Waals surface area contributed by atoms with Crippen molar-refractivity contribution in [2.75, 3.05) is 18.1 Å². The van der Waals surface area contributed by atoms with Gasteiger partial charge in [-0.2, -0.15) is 0 Å². The number of nitrogens with one attached hydrogen (secondary N) is 1. The molecule has 0 aliphatic heterocycles. The maximum Gasteiger partial charge on any atom is 0.279 e. The summed E-state index contributed by atoms with van der Waals surface area (Å²) in [5.41, 5.74) is 5.48. The van der Waals surface area contributed by atoms with Crippen LogP contribution in [0.4, 0.5) is 11.4 Å². The van der Waals surface area contributed by atoms with Crippen molar-refractivity contribution in [2.45, 2.75) is 9.79 Å². The Balaban J connectivity index is 2.72. The Labute approximate surface area is 138 Å². The zero-order valence-corrected chi connectivity index (χ0v) is 13.4. The highest BCUT2D eigenvalue weighted by molar-refractivity contribution is 7.91. The van der Waals surface area contributed by atoms with Crippen molar-refractivity contribution >= 4 is 33.5 Å². The van der Waals surface area contributed by atoms with Crippen LogP contribution in [0.2, 0.25) is 0 Å². The summed E-state index contributed by atoms with van der Waals surface area (Å²) in [6.45, 7) is 0. The van der Waals surface area contributed by atoms with Gasteiger partial charge in [0.05, 0.1) is 21.0 Å². The van der Waals surface area contributed by atoms with E-state index in [1.165, 1.54) is 42.5 Å². The van der Waals surface area contributed by atoms with Gasteiger partial charge in [-0.1, -0.05) is 12.1 Å². The summed E-state index contributed by atoms with van der Waals surface area (Å²) >= 11 is 0. The quantitative estimate of drug-likeness (QED) is 0.321. The number of para-hydroxylation sites is 1. The first-order valence-electron chi connectivity index (χ1n) is 6.69. The van der Waals surface area contributed by atoms with Gasteiger partial charge in [0.1, 0.15) is 0 Å². The topological polar surface area (TPSA) is 130 Å². The van der Waals surface area contributed by atoms with Gasteiger partial charge in [-0.15, -0.1) is 0 Å². The lowest BCUT2D eigenvalue weighted by atomic mass is 10.1. The third-order valence-corrected chi connectivity index (χ3v) is 5.01. The molecule has 0 aliphatic carbocycles. The van der Waals surface area contributed by atoms with E-state index >= 15 is 0 Å². The highest BCUT2D eigenvalue weighted by Crippen LogP contribution is 2.31. The standard InChI is InChI=1S/C15H15N3O5S/c1-18(21)15(20)12-6-3-7-13(14(12)17-9-19)24(22,23)11-5-2-4-10(16)8-11/h2-9,21H,16H2,1H3,(H,17,19). The number of sulfone groups is 1. The molecule has 24 heavy (non-hydrogen) atoms. The van der Waals surface area contributed by atoms with Crippen LogP contribution in [-0.4, -0.2) is 38.1 Å². The molecule has 0 bridgehead atoms. The molecule has 2 rings (SSSR count). The Bertz CT molecular complexity index is 894. The predicted molar refractivity (Wildman–Crippen MR) is 86.3 cm³/mol. The zero-order chi connectivity index (χ0) is 17.9. The summed E-state index contributed by atoms with van der Waals surface area (Å²) in [5, 5.41) is 11.8. The van der Waals surface area contributed by atoms with Gasteiger partial charge in [-0.3, -0.25) is 14.8 Å². The predicted octanol–water partition coefficient (Wildman–Crippen LogP) is 1.13. The highest BCUT2D eigenvalue weighted by atomic mass is 32.2. The number of benzene rings is 2. The van der Waals surface area contributed by atoms with Crippen LogP contribution in [0.25, 0.3) is 0 Å². The molecule has 0 heterocycles. The number of nitrogens with two attached hydrogens (primary N) is 1. The van der Waals surface area contributed by atoms with E-state index in [1.807, 2.05) is 0 Å². The van der Waals surface area contributed by atoms with Crippen LogP contribution in [0.3, 0.4) is 0 Å². The fourth-order valence-corrected chi connectivity index (χ4v) is 3.62. The average Bonchev–Trinajstić information content (AvgIpc) is 2.54. The fourth-order valence-electron chi connectivity index (χ4n) is 2.12. The summed E-state index contributed by atoms with van der Waals surface area (Å²) in [7, 11) is -2.96. The Morgan fingerprint density at radius 1 is 1.25 bits per heavy atom. The molecular formula is C15H15N3O5S. The van der Waals surface area contributed by atoms with Crippen LogP contribution in [0.15, 0.2) is 52.3 Å². The highest BCUT2D eigenvalue weighted by Gasteiger charge is 2.26. The van der Waals surface area contributed by atoms with E-state index in [2.05, 4.69) is 5.32 Å². The van der Waals surface area contributed by atoms with E-state index in [1.54, 1.807) is 0 Å². The van der Waals surface area contributed by atoms with E-state index in [9.17, 15) is 23.2 Å². The van der Waals surface area contributed by atoms with Crippen molar-refractivity contribution in [3.63, 3.8) is 0 Å². The molecule has 0 unspecified atom stereocenters. The number of hydrogen-bond acceptors (Lipinski definition) is 6. The van der Waals surface area contributed by atoms with Crippen LogP contribution in [0, 0.1) is 0 Å². The summed E-state index contributed by atoms with van der Waals surface area (Å²) in [4.78, 5) is 22.5. The summed E-state index contributed by atoms with van der Waals surface area (Å²) < 4.78 is 25.7. The SMILES string of the molecule is CN(O)C(=O)c1cccc(S(=O)(=O)c2cccc(N)c2)c1NC=O. The minimum atomic E-state index is -4.05. The first-order chi connectivity index (χ1) is 11.3. The van der Waals surface area contributed by atoms with Gasteiger partial charge in [0, 0.05) is 12.7 Å². The Hall–Kier alpha value is -2.91. The average molecular weight is 349 g/mol. The number of carbonyl (C=O) groups excluding carboxylic acids is 2. The number of hydroxylamine groups is 2. The number of carbonyl (C=O) groups is 2. The number of nitrogens with zero attached hydrogens (tertiary/aromatic N) is 1. The van der Waals surface area contributed by atoms with Crippen LogP contribution in [0.5, 0.6) is 0 Å². The van der Waals surface area contributed by atoms with E-state index in [4.69, 9.17) is 5.73 Å². The second-order valence-electron chi connectivity index (χ2n) is 4.85. The first-order valence-corrected chi connectivity index (χ1v) is 8.18. The van der Waals surface area contributed by atoms with Crippen LogP contribution in [-0.2, 0) is 14.6 Å². The number of amides is 2. The van der Waals surface area contributed by atoms with Crippen molar-refractivity contribution in [3.8, 4) is 0 Å². The van der Waals surface area contributed by atoms with Gasteiger partial charge in [0.25, 0.3) is 5.91 Å². The fraction of sp³-hybridized carbons (Fsp3) is 0.0667. The number of rotatable bonds is 5. The molecule has 0 aliphatic rings. The number of nitrogen functional groups attached to an aromatic ring is 1. The molecule has 2 amide bonds. The van der Waals surface area contributed by atoms with Crippen molar-refractivity contribution in [2.24, 2.45) is 0 Å². The largest absolute Gasteiger partial charge is 0.399 e. The molecule has 2 aromatic carbocycles. The minimum absolute atomic E-state index is 0.0848. The molecular weight excluding hydrogens is 334 g/mol. The Kier molecular flexibility index (Phi) is 4.86. The lowest BCUT2D eigenvalue weighted by molar-refractivity contribution is -0.105. The molecule has 0 spiro atoms. The normalized spacial score (nSPS) is 10.9. The lowest BCUT2D eigenvalue weighted by Gasteiger charge is -2.16. The molecule has 9 heteroatoms. The molecule has 0 saturated carbocycles. The molecule has 0 saturated heterocycles. The second kappa shape index (κ2) is 6.69. The monoisotopic (exact) mass is 349 g/mol. The van der Waals surface area contributed by atoms with E-state index in [-0.39, 0.29) is 33.1 Å². The molecule has 2 aromatic rings. The number of anilines is 2. The van der Waals surface area contributed by atoms with Gasteiger partial charge >= 0.3 is 0 Å². The first kappa shape index (κ1) is 17.4. The molecule has 126 valence electrons. The smallest absolute Gasteiger partial charge is 0.279 e. The zero-order valence-electron chi connectivity index (χ0n) is 12.6. The summed E-state index contributed by atoms with van der Waals surface area (Å²) in [6.07, 6.45) is 0.252. The van der Waals surface area contributed by atoms with Crippen LogP contribution in [0.1, 0.15) is 10.4 Å². The van der Waals surface area contributed by atoms with Crippen LogP contribution < -0.4 is 11.1 Å². The Morgan fingerprint density at radius 2 is 1.92 bits per heavy atom. The van der Waals surface area contributed by atoms with Crippen molar-refractivity contribution < 1.29 is 23.2 Å². The third kappa shape index (κ3) is 3.21. The molecule has 4 N–H and O–H groups in total. The number of hydrogen-bond donors (Lipinski definition) is 3. The van der Waals surface area contributed by atoms with Crippen molar-refractivity contribution in [1.29, 1.82) is 0 Å². The summed E-state index contributed by atoms with van der Waals surface area (Å²) in [5.74, 6) is -0.871. The van der Waals surface area contributed by atoms with Gasteiger partial charge in [0.2, 0.25) is 16.2 Å². The molecule has 0 fully saturated rings. The third-order valence-electron chi connectivity index (χ3n) is 3.21. The van der Waals surface area contributed by atoms with Gasteiger partial charge < -0.3 is 11.1 Å². The maximum absolute atomic E-state index is 12.8. The molecule has 0 aromatic heterocycles. The van der Waals surface area contributed by atoms with Crippen molar-refractivity contribution in [1.82, 2.24) is 5.06 Å². The van der Waals surface area contributed by atoms with E-state index < -0.39 is 15.7 Å². The van der Waals surface area contributed by atoms with E-state index in [0.717, 1.165) is 7.05 Å². The lowest BCUT2D eigenvalue weighted by Crippen LogP contribution is -2.24. The minimum Gasteiger partial charge on any atom is -0.399 e. The van der Waals surface area contributed by atoms with Crippen molar-refractivity contribution in [3.05, 3.63) is 48.0 Å². The van der Waals surface area contributed by atoms with Gasteiger partial charge in [-0.25, -0.2) is 13.5 Å². The Morgan fingerprint density at radius 3 is 2.50 bits per heavy atom. The van der Waals surface area contributed by atoms with E-state index in [0.29, 0.717) is 5.06 Å². The maximum atomic E-state index is 12.8. The second-order valence-corrected chi connectivity index (χ2v) is 6.76. The molecule has 0 radical (unpaired) electrons. The molecule has 0 atom stereocenters. The molecule has 8 nitrogen and oxygen atoms in total. The summed E-state index contributed by atoms with van der Waals surface area (Å²) in [6, 6.07) is 9.51.